The highest BCUT2D eigenvalue weighted by Crippen LogP contribution is 2.32. The zero-order valence-electron chi connectivity index (χ0n) is 14.4. The molecule has 1 aliphatic carbocycles. The molecule has 1 fully saturated rings. The van der Waals surface area contributed by atoms with Crippen LogP contribution >= 0.6 is 0 Å². The SMILES string of the molecule is CC1=C(C(=O)OC2CCCC2C)C(c2ccc(C)cc2)NC(=O)N1. The normalized spacial score (nSPS) is 26.8. The largest absolute Gasteiger partial charge is 0.459 e. The zero-order chi connectivity index (χ0) is 17.3. The highest BCUT2D eigenvalue weighted by Gasteiger charge is 2.35. The fraction of sp³-hybridized carbons (Fsp3) is 0.474. The van der Waals surface area contributed by atoms with Crippen LogP contribution in [-0.2, 0) is 9.53 Å². The molecule has 0 bridgehead atoms. The number of hydrogen-bond acceptors (Lipinski definition) is 3. The molecule has 5 heteroatoms. The Morgan fingerprint density at radius 2 is 1.88 bits per heavy atom. The Hall–Kier alpha value is -2.30. The van der Waals surface area contributed by atoms with E-state index in [4.69, 9.17) is 4.74 Å². The van der Waals surface area contributed by atoms with Crippen LogP contribution < -0.4 is 10.6 Å². The van der Waals surface area contributed by atoms with Crippen molar-refractivity contribution in [1.82, 2.24) is 10.6 Å². The molecule has 2 aliphatic rings. The van der Waals surface area contributed by atoms with Crippen molar-refractivity contribution in [2.45, 2.75) is 52.2 Å². The molecule has 1 aliphatic heterocycles. The number of rotatable bonds is 3. The molecule has 0 radical (unpaired) electrons. The van der Waals surface area contributed by atoms with Crippen molar-refractivity contribution in [3.63, 3.8) is 0 Å². The topological polar surface area (TPSA) is 67.4 Å². The van der Waals surface area contributed by atoms with E-state index in [1.807, 2.05) is 31.2 Å². The summed E-state index contributed by atoms with van der Waals surface area (Å²) < 4.78 is 5.76. The first-order valence-corrected chi connectivity index (χ1v) is 8.51. The fourth-order valence-electron chi connectivity index (χ4n) is 3.46. The minimum absolute atomic E-state index is 0.0332. The van der Waals surface area contributed by atoms with Gasteiger partial charge in [-0.2, -0.15) is 0 Å². The quantitative estimate of drug-likeness (QED) is 0.836. The molecule has 3 atom stereocenters. The molecule has 0 aromatic heterocycles. The van der Waals surface area contributed by atoms with Crippen molar-refractivity contribution < 1.29 is 14.3 Å². The smallest absolute Gasteiger partial charge is 0.338 e. The molecule has 1 aromatic carbocycles. The molecule has 2 N–H and O–H groups in total. The molecule has 5 nitrogen and oxygen atoms in total. The number of aryl methyl sites for hydroxylation is 1. The van der Waals surface area contributed by atoms with Gasteiger partial charge in [-0.1, -0.05) is 36.8 Å². The number of amides is 2. The van der Waals surface area contributed by atoms with E-state index in [0.717, 1.165) is 30.4 Å². The van der Waals surface area contributed by atoms with E-state index in [2.05, 4.69) is 17.6 Å². The van der Waals surface area contributed by atoms with Crippen LogP contribution in [0.4, 0.5) is 4.79 Å². The monoisotopic (exact) mass is 328 g/mol. The molecule has 3 unspecified atom stereocenters. The second kappa shape index (κ2) is 6.67. The predicted molar refractivity (Wildman–Crippen MR) is 91.2 cm³/mol. The van der Waals surface area contributed by atoms with Crippen LogP contribution in [0.5, 0.6) is 0 Å². The van der Waals surface area contributed by atoms with Crippen LogP contribution in [0.3, 0.4) is 0 Å². The van der Waals surface area contributed by atoms with E-state index in [9.17, 15) is 9.59 Å². The Morgan fingerprint density at radius 1 is 1.17 bits per heavy atom. The summed E-state index contributed by atoms with van der Waals surface area (Å²) in [6.45, 7) is 5.86. The summed E-state index contributed by atoms with van der Waals surface area (Å²) in [5.41, 5.74) is 3.04. The Bertz CT molecular complexity index is 678. The minimum atomic E-state index is -0.483. The second-order valence-electron chi connectivity index (χ2n) is 6.83. The van der Waals surface area contributed by atoms with Gasteiger partial charge in [0.2, 0.25) is 0 Å². The fourth-order valence-corrected chi connectivity index (χ4v) is 3.46. The van der Waals surface area contributed by atoms with E-state index in [1.165, 1.54) is 0 Å². The van der Waals surface area contributed by atoms with Crippen LogP contribution in [0, 0.1) is 12.8 Å². The average molecular weight is 328 g/mol. The number of nitrogens with one attached hydrogen (secondary N) is 2. The van der Waals surface area contributed by atoms with Crippen LogP contribution in [0.15, 0.2) is 35.5 Å². The number of ether oxygens (including phenoxy) is 1. The third-order valence-electron chi connectivity index (χ3n) is 4.94. The van der Waals surface area contributed by atoms with Crippen molar-refractivity contribution in [2.75, 3.05) is 0 Å². The first-order valence-electron chi connectivity index (χ1n) is 8.51. The van der Waals surface area contributed by atoms with E-state index < -0.39 is 6.04 Å². The maximum atomic E-state index is 12.8. The Kier molecular flexibility index (Phi) is 4.60. The molecule has 0 spiro atoms. The van der Waals surface area contributed by atoms with Crippen molar-refractivity contribution in [3.8, 4) is 0 Å². The third kappa shape index (κ3) is 3.30. The average Bonchev–Trinajstić information content (AvgIpc) is 2.92. The third-order valence-corrected chi connectivity index (χ3v) is 4.94. The highest BCUT2D eigenvalue weighted by molar-refractivity contribution is 5.95. The van der Waals surface area contributed by atoms with Gasteiger partial charge in [0.1, 0.15) is 6.10 Å². The lowest BCUT2D eigenvalue weighted by Gasteiger charge is -2.29. The van der Waals surface area contributed by atoms with Crippen molar-refractivity contribution in [1.29, 1.82) is 0 Å². The first-order chi connectivity index (χ1) is 11.5. The van der Waals surface area contributed by atoms with Gasteiger partial charge in [-0.05, 0) is 44.6 Å². The van der Waals surface area contributed by atoms with Crippen LogP contribution in [0.1, 0.15) is 50.3 Å². The first kappa shape index (κ1) is 16.6. The van der Waals surface area contributed by atoms with E-state index >= 15 is 0 Å². The predicted octanol–water partition coefficient (Wildman–Crippen LogP) is 3.35. The Morgan fingerprint density at radius 3 is 2.50 bits per heavy atom. The van der Waals surface area contributed by atoms with Gasteiger partial charge in [-0.15, -0.1) is 0 Å². The number of allylic oxidation sites excluding steroid dienone is 1. The number of esters is 1. The van der Waals surface area contributed by atoms with E-state index in [0.29, 0.717) is 17.2 Å². The lowest BCUT2D eigenvalue weighted by atomic mass is 9.95. The van der Waals surface area contributed by atoms with Crippen molar-refractivity contribution >= 4 is 12.0 Å². The summed E-state index contributed by atoms with van der Waals surface area (Å²) in [5, 5.41) is 5.53. The van der Waals surface area contributed by atoms with Crippen LogP contribution in [0.25, 0.3) is 0 Å². The second-order valence-corrected chi connectivity index (χ2v) is 6.83. The van der Waals surface area contributed by atoms with Crippen molar-refractivity contribution in [3.05, 3.63) is 46.7 Å². The molecule has 24 heavy (non-hydrogen) atoms. The number of carbonyl (C=O) groups excluding carboxylic acids is 2. The molecule has 2 amide bonds. The lowest BCUT2D eigenvalue weighted by molar-refractivity contribution is -0.146. The van der Waals surface area contributed by atoms with Gasteiger partial charge < -0.3 is 15.4 Å². The molecular formula is C19H24N2O3. The lowest BCUT2D eigenvalue weighted by Crippen LogP contribution is -2.45. The van der Waals surface area contributed by atoms with Gasteiger partial charge in [-0.3, -0.25) is 0 Å². The summed E-state index contributed by atoms with van der Waals surface area (Å²) >= 11 is 0. The van der Waals surface area contributed by atoms with Gasteiger partial charge in [0, 0.05) is 5.70 Å². The summed E-state index contributed by atoms with van der Waals surface area (Å²) in [6, 6.07) is 7.03. The van der Waals surface area contributed by atoms with Gasteiger partial charge in [0.05, 0.1) is 11.6 Å². The van der Waals surface area contributed by atoms with Crippen molar-refractivity contribution in [2.24, 2.45) is 5.92 Å². The molecule has 128 valence electrons. The Balaban J connectivity index is 1.88. The summed E-state index contributed by atoms with van der Waals surface area (Å²) in [6.07, 6.45) is 3.06. The van der Waals surface area contributed by atoms with E-state index in [1.54, 1.807) is 6.92 Å². The summed E-state index contributed by atoms with van der Waals surface area (Å²) in [4.78, 5) is 24.7. The maximum absolute atomic E-state index is 12.8. The van der Waals surface area contributed by atoms with Crippen LogP contribution in [0.2, 0.25) is 0 Å². The van der Waals surface area contributed by atoms with Gasteiger partial charge >= 0.3 is 12.0 Å². The van der Waals surface area contributed by atoms with Crippen LogP contribution in [-0.4, -0.2) is 18.1 Å². The molecule has 1 aromatic rings. The molecule has 1 saturated carbocycles. The Labute approximate surface area is 142 Å². The van der Waals surface area contributed by atoms with E-state index in [-0.39, 0.29) is 18.1 Å². The minimum Gasteiger partial charge on any atom is -0.459 e. The zero-order valence-corrected chi connectivity index (χ0v) is 14.4. The molecule has 0 saturated heterocycles. The maximum Gasteiger partial charge on any atom is 0.338 e. The molecular weight excluding hydrogens is 304 g/mol. The molecule has 1 heterocycles. The summed E-state index contributed by atoms with van der Waals surface area (Å²) in [5.74, 6) is 0.0446. The highest BCUT2D eigenvalue weighted by atomic mass is 16.5. The number of benzene rings is 1. The number of carbonyl (C=O) groups is 2. The van der Waals surface area contributed by atoms with Gasteiger partial charge in [-0.25, -0.2) is 9.59 Å². The number of urea groups is 1. The summed E-state index contributed by atoms with van der Waals surface area (Å²) in [7, 11) is 0. The standard InChI is InChI=1S/C19H24N2O3/c1-11-7-9-14(10-8-11)17-16(13(3)20-19(23)21-17)18(22)24-15-6-4-5-12(15)2/h7-10,12,15,17H,4-6H2,1-3H3,(H2,20,21,23). The number of hydrogen-bond donors (Lipinski definition) is 2. The van der Waals surface area contributed by atoms with Gasteiger partial charge in [0.25, 0.3) is 0 Å². The molecule has 3 rings (SSSR count). The van der Waals surface area contributed by atoms with Gasteiger partial charge in [0.15, 0.2) is 0 Å².